The topological polar surface area (TPSA) is 72.8 Å². The molecule has 6 heteroatoms. The Kier molecular flexibility index (Phi) is 5.56. The van der Waals surface area contributed by atoms with E-state index in [2.05, 4.69) is 15.9 Å². The highest BCUT2D eigenvalue weighted by molar-refractivity contribution is 9.10. The molecule has 1 unspecified atom stereocenters. The Labute approximate surface area is 126 Å². The number of hydrogen-bond acceptors (Lipinski definition) is 4. The molecular formula is C14H17BrO5. The van der Waals surface area contributed by atoms with Crippen LogP contribution in [0.25, 0.3) is 0 Å². The van der Waals surface area contributed by atoms with Gasteiger partial charge < -0.3 is 14.6 Å². The summed E-state index contributed by atoms with van der Waals surface area (Å²) in [5.41, 5.74) is -0.965. The highest BCUT2D eigenvalue weighted by Crippen LogP contribution is 2.31. The third kappa shape index (κ3) is 3.50. The van der Waals surface area contributed by atoms with Crippen LogP contribution in [0.3, 0.4) is 0 Å². The molecule has 0 aliphatic heterocycles. The van der Waals surface area contributed by atoms with E-state index in [9.17, 15) is 14.7 Å². The number of esters is 1. The first-order valence-corrected chi connectivity index (χ1v) is 6.87. The van der Waals surface area contributed by atoms with E-state index in [1.807, 2.05) is 0 Å². The smallest absolute Gasteiger partial charge is 0.323 e. The fraction of sp³-hybridized carbons (Fsp3) is 0.429. The van der Waals surface area contributed by atoms with E-state index in [4.69, 9.17) is 9.47 Å². The van der Waals surface area contributed by atoms with Crippen molar-refractivity contribution in [3.8, 4) is 5.75 Å². The number of carboxylic acid groups (broad SMARTS) is 1. The molecular weight excluding hydrogens is 328 g/mol. The molecule has 1 atom stereocenters. The van der Waals surface area contributed by atoms with Crippen LogP contribution in [0.5, 0.6) is 5.75 Å². The van der Waals surface area contributed by atoms with E-state index in [1.165, 1.54) is 14.0 Å². The molecule has 5 nitrogen and oxygen atoms in total. The maximum absolute atomic E-state index is 11.9. The summed E-state index contributed by atoms with van der Waals surface area (Å²) >= 11 is 3.35. The Balaban J connectivity index is 3.14. The summed E-state index contributed by atoms with van der Waals surface area (Å²) in [4.78, 5) is 23.4. The van der Waals surface area contributed by atoms with Gasteiger partial charge in [-0.25, -0.2) is 0 Å². The number of carbonyl (C=O) groups excluding carboxylic acids is 1. The first kappa shape index (κ1) is 16.5. The number of ether oxygens (including phenoxy) is 2. The van der Waals surface area contributed by atoms with E-state index in [-0.39, 0.29) is 13.0 Å². The molecule has 0 aliphatic rings. The van der Waals surface area contributed by atoms with Gasteiger partial charge in [0.15, 0.2) is 5.41 Å². The lowest BCUT2D eigenvalue weighted by atomic mass is 9.83. The molecule has 0 heterocycles. The number of carboxylic acids is 1. The van der Waals surface area contributed by atoms with Crippen LogP contribution in [0.4, 0.5) is 0 Å². The van der Waals surface area contributed by atoms with Crippen LogP contribution in [-0.4, -0.2) is 30.8 Å². The van der Waals surface area contributed by atoms with Gasteiger partial charge in [0.2, 0.25) is 0 Å². The van der Waals surface area contributed by atoms with Crippen LogP contribution in [-0.2, 0) is 20.7 Å². The van der Waals surface area contributed by atoms with Gasteiger partial charge in [0.25, 0.3) is 0 Å². The minimum Gasteiger partial charge on any atom is -0.497 e. The van der Waals surface area contributed by atoms with Gasteiger partial charge in [0.05, 0.1) is 13.7 Å². The number of benzene rings is 1. The van der Waals surface area contributed by atoms with Crippen molar-refractivity contribution in [2.45, 2.75) is 20.3 Å². The molecule has 1 aromatic carbocycles. The van der Waals surface area contributed by atoms with Gasteiger partial charge in [0.1, 0.15) is 5.75 Å². The van der Waals surface area contributed by atoms with Crippen molar-refractivity contribution in [2.24, 2.45) is 5.41 Å². The number of hydrogen-bond donors (Lipinski definition) is 1. The van der Waals surface area contributed by atoms with Gasteiger partial charge in [-0.05, 0) is 37.6 Å². The first-order chi connectivity index (χ1) is 9.35. The van der Waals surface area contributed by atoms with E-state index in [1.54, 1.807) is 25.1 Å². The Morgan fingerprint density at radius 2 is 2.05 bits per heavy atom. The number of halogens is 1. The summed E-state index contributed by atoms with van der Waals surface area (Å²) in [6.07, 6.45) is 0.0128. The normalized spacial score (nSPS) is 13.4. The zero-order valence-corrected chi connectivity index (χ0v) is 13.2. The first-order valence-electron chi connectivity index (χ1n) is 6.08. The van der Waals surface area contributed by atoms with Gasteiger partial charge in [-0.2, -0.15) is 0 Å². The van der Waals surface area contributed by atoms with Crippen LogP contribution in [0.2, 0.25) is 0 Å². The molecule has 1 N–H and O–H groups in total. The second kappa shape index (κ2) is 6.74. The van der Waals surface area contributed by atoms with E-state index in [0.29, 0.717) is 11.3 Å². The fourth-order valence-electron chi connectivity index (χ4n) is 1.72. The molecule has 0 amide bonds. The molecule has 0 bridgehead atoms. The standard InChI is InChI=1S/C14H17BrO5/c1-4-20-13(18)14(2,12(16)17)8-9-7-10(19-3)5-6-11(9)15/h5-7H,4,8H2,1-3H3,(H,16,17). The second-order valence-corrected chi connectivity index (χ2v) is 5.35. The minimum atomic E-state index is -1.63. The molecule has 1 rings (SSSR count). The maximum Gasteiger partial charge on any atom is 0.323 e. The largest absolute Gasteiger partial charge is 0.497 e. The average Bonchev–Trinajstić information content (AvgIpc) is 2.41. The van der Waals surface area contributed by atoms with Crippen molar-refractivity contribution in [3.63, 3.8) is 0 Å². The molecule has 0 aliphatic carbocycles. The Bertz CT molecular complexity index is 514. The van der Waals surface area contributed by atoms with Gasteiger partial charge in [-0.15, -0.1) is 0 Å². The Hall–Kier alpha value is -1.56. The third-order valence-corrected chi connectivity index (χ3v) is 3.77. The molecule has 0 spiro atoms. The lowest BCUT2D eigenvalue weighted by molar-refractivity contribution is -0.167. The fourth-order valence-corrected chi connectivity index (χ4v) is 2.11. The predicted octanol–water partition coefficient (Wildman–Crippen LogP) is 2.65. The molecule has 1 aromatic rings. The van der Waals surface area contributed by atoms with Crippen molar-refractivity contribution >= 4 is 27.9 Å². The Morgan fingerprint density at radius 3 is 2.55 bits per heavy atom. The molecule has 110 valence electrons. The summed E-state index contributed by atoms with van der Waals surface area (Å²) < 4.78 is 10.7. The van der Waals surface area contributed by atoms with Crippen molar-refractivity contribution < 1.29 is 24.2 Å². The zero-order chi connectivity index (χ0) is 15.3. The Morgan fingerprint density at radius 1 is 1.40 bits per heavy atom. The van der Waals surface area contributed by atoms with Crippen LogP contribution in [0.1, 0.15) is 19.4 Å². The lowest BCUT2D eigenvalue weighted by Gasteiger charge is -2.23. The molecule has 0 saturated carbocycles. The summed E-state index contributed by atoms with van der Waals surface area (Å²) in [5, 5.41) is 9.36. The van der Waals surface area contributed by atoms with Gasteiger partial charge in [-0.1, -0.05) is 15.9 Å². The molecule has 0 fully saturated rings. The maximum atomic E-state index is 11.9. The monoisotopic (exact) mass is 344 g/mol. The number of rotatable bonds is 6. The molecule has 0 aromatic heterocycles. The number of carbonyl (C=O) groups is 2. The van der Waals surface area contributed by atoms with E-state index in [0.717, 1.165) is 4.47 Å². The SMILES string of the molecule is CCOC(=O)C(C)(Cc1cc(OC)ccc1Br)C(=O)O. The molecule has 20 heavy (non-hydrogen) atoms. The molecule has 0 saturated heterocycles. The second-order valence-electron chi connectivity index (χ2n) is 4.49. The van der Waals surface area contributed by atoms with Gasteiger partial charge >= 0.3 is 11.9 Å². The summed E-state index contributed by atoms with van der Waals surface area (Å²) in [5.74, 6) is -1.37. The average molecular weight is 345 g/mol. The van der Waals surface area contributed by atoms with Gasteiger partial charge in [0, 0.05) is 10.9 Å². The van der Waals surface area contributed by atoms with Crippen molar-refractivity contribution in [2.75, 3.05) is 13.7 Å². The van der Waals surface area contributed by atoms with Crippen LogP contribution in [0, 0.1) is 5.41 Å². The van der Waals surface area contributed by atoms with E-state index >= 15 is 0 Å². The zero-order valence-electron chi connectivity index (χ0n) is 11.6. The van der Waals surface area contributed by atoms with Crippen LogP contribution < -0.4 is 4.74 Å². The summed E-state index contributed by atoms with van der Waals surface area (Å²) in [6.45, 7) is 3.14. The summed E-state index contributed by atoms with van der Waals surface area (Å²) in [6, 6.07) is 5.20. The quantitative estimate of drug-likeness (QED) is 0.634. The van der Waals surface area contributed by atoms with Crippen molar-refractivity contribution in [1.29, 1.82) is 0 Å². The van der Waals surface area contributed by atoms with Crippen molar-refractivity contribution in [3.05, 3.63) is 28.2 Å². The number of aliphatic carboxylic acids is 1. The highest BCUT2D eigenvalue weighted by atomic mass is 79.9. The van der Waals surface area contributed by atoms with Crippen molar-refractivity contribution in [1.82, 2.24) is 0 Å². The van der Waals surface area contributed by atoms with E-state index < -0.39 is 17.4 Å². The van der Waals surface area contributed by atoms with Crippen LogP contribution >= 0.6 is 15.9 Å². The predicted molar refractivity (Wildman–Crippen MR) is 76.8 cm³/mol. The summed E-state index contributed by atoms with van der Waals surface area (Å²) in [7, 11) is 1.52. The van der Waals surface area contributed by atoms with Crippen LogP contribution in [0.15, 0.2) is 22.7 Å². The third-order valence-electron chi connectivity index (χ3n) is 2.99. The lowest BCUT2D eigenvalue weighted by Crippen LogP contribution is -2.40. The highest BCUT2D eigenvalue weighted by Gasteiger charge is 2.43. The minimum absolute atomic E-state index is 0.0128. The number of methoxy groups -OCH3 is 1. The van der Waals surface area contributed by atoms with Gasteiger partial charge in [-0.3, -0.25) is 9.59 Å². The molecule has 0 radical (unpaired) electrons.